The molecular formula is C9H18NO-. The smallest absolute Gasteiger partial charge is 0.00849 e. The molecule has 0 spiro atoms. The summed E-state index contributed by atoms with van der Waals surface area (Å²) in [5.74, 6) is 0. The number of rotatable bonds is 0. The molecule has 2 nitrogen and oxygen atoms in total. The normalized spacial score (nSPS) is 30.3. The topological polar surface area (TPSA) is 26.3 Å². The van der Waals surface area contributed by atoms with Crippen molar-refractivity contribution in [2.75, 3.05) is 6.54 Å². The summed E-state index contributed by atoms with van der Waals surface area (Å²) in [5, 5.41) is 12.7. The molecule has 2 heteroatoms. The van der Waals surface area contributed by atoms with Crippen LogP contribution in [-0.2, 0) is 0 Å². The zero-order valence-electron chi connectivity index (χ0n) is 7.98. The third-order valence-corrected chi connectivity index (χ3v) is 3.44. The minimum Gasteiger partial charge on any atom is -0.785 e. The molecule has 1 rings (SSSR count). The summed E-state index contributed by atoms with van der Waals surface area (Å²) >= 11 is 0. The van der Waals surface area contributed by atoms with Crippen molar-refractivity contribution < 1.29 is 0 Å². The molecule has 0 N–H and O–H groups in total. The van der Waals surface area contributed by atoms with Gasteiger partial charge in [0.25, 0.3) is 0 Å². The number of piperidine rings is 1. The molecule has 0 amide bonds. The highest BCUT2D eigenvalue weighted by Gasteiger charge is 2.39. The maximum Gasteiger partial charge on any atom is 0.00849 e. The van der Waals surface area contributed by atoms with E-state index in [-0.39, 0.29) is 11.0 Å². The second-order valence-electron chi connectivity index (χ2n) is 4.65. The van der Waals surface area contributed by atoms with Crippen molar-refractivity contribution in [1.29, 1.82) is 0 Å². The van der Waals surface area contributed by atoms with Crippen molar-refractivity contribution in [3.63, 3.8) is 0 Å². The van der Waals surface area contributed by atoms with Crippen molar-refractivity contribution in [2.24, 2.45) is 5.41 Å². The second kappa shape index (κ2) is 2.46. The van der Waals surface area contributed by atoms with Gasteiger partial charge in [-0.2, -0.15) is 0 Å². The first-order chi connectivity index (χ1) is 4.88. The van der Waals surface area contributed by atoms with Crippen molar-refractivity contribution in [1.82, 2.24) is 5.06 Å². The Kier molecular flexibility index (Phi) is 2.01. The van der Waals surface area contributed by atoms with Crippen LogP contribution in [0.3, 0.4) is 0 Å². The Bertz CT molecular complexity index is 152. The summed E-state index contributed by atoms with van der Waals surface area (Å²) in [4.78, 5) is 0. The Morgan fingerprint density at radius 3 is 2.09 bits per heavy atom. The lowest BCUT2D eigenvalue weighted by Gasteiger charge is -2.57. The number of nitrogens with zero attached hydrogens (tertiary/aromatic N) is 1. The highest BCUT2D eigenvalue weighted by atomic mass is 16.5. The summed E-state index contributed by atoms with van der Waals surface area (Å²) in [6, 6.07) is 0. The average molecular weight is 156 g/mol. The van der Waals surface area contributed by atoms with Gasteiger partial charge in [0.2, 0.25) is 0 Å². The highest BCUT2D eigenvalue weighted by Crippen LogP contribution is 2.42. The third-order valence-electron chi connectivity index (χ3n) is 3.44. The standard InChI is InChI=1S/C9H18NO/c1-8(2)6-5-7-10(11)9(8,3)4/h5-7H2,1-4H3/q-1. The lowest BCUT2D eigenvalue weighted by molar-refractivity contribution is 0.00311. The van der Waals surface area contributed by atoms with Gasteiger partial charge >= 0.3 is 0 Å². The van der Waals surface area contributed by atoms with Crippen molar-refractivity contribution in [3.05, 3.63) is 5.21 Å². The SMILES string of the molecule is CC1(C)CCCN([O-])C1(C)C. The van der Waals surface area contributed by atoms with E-state index in [1.807, 2.05) is 13.8 Å². The summed E-state index contributed by atoms with van der Waals surface area (Å²) in [5.41, 5.74) is -0.0295. The van der Waals surface area contributed by atoms with E-state index in [0.29, 0.717) is 6.54 Å². The van der Waals surface area contributed by atoms with Crippen LogP contribution in [0.25, 0.3) is 0 Å². The highest BCUT2D eigenvalue weighted by molar-refractivity contribution is 4.98. The predicted octanol–water partition coefficient (Wildman–Crippen LogP) is 2.38. The van der Waals surface area contributed by atoms with Crippen LogP contribution in [0.15, 0.2) is 0 Å². The molecule has 1 fully saturated rings. The average Bonchev–Trinajstić information content (AvgIpc) is 1.84. The predicted molar refractivity (Wildman–Crippen MR) is 47.2 cm³/mol. The van der Waals surface area contributed by atoms with Crippen LogP contribution in [0.2, 0.25) is 0 Å². The Morgan fingerprint density at radius 1 is 1.18 bits per heavy atom. The van der Waals surface area contributed by atoms with Gasteiger partial charge in [0.05, 0.1) is 0 Å². The molecule has 0 aliphatic carbocycles. The quantitative estimate of drug-likeness (QED) is 0.538. The van der Waals surface area contributed by atoms with Crippen LogP contribution in [0.5, 0.6) is 0 Å². The Labute approximate surface area is 69.2 Å². The minimum atomic E-state index is -0.189. The van der Waals surface area contributed by atoms with Crippen LogP contribution >= 0.6 is 0 Å². The largest absolute Gasteiger partial charge is 0.785 e. The fraction of sp³-hybridized carbons (Fsp3) is 1.00. The van der Waals surface area contributed by atoms with Crippen LogP contribution in [0.1, 0.15) is 40.5 Å². The van der Waals surface area contributed by atoms with Crippen LogP contribution in [0.4, 0.5) is 0 Å². The molecule has 0 atom stereocenters. The van der Waals surface area contributed by atoms with Gasteiger partial charge in [-0.25, -0.2) is 0 Å². The van der Waals surface area contributed by atoms with Gasteiger partial charge < -0.3 is 10.3 Å². The molecule has 0 aromatic heterocycles. The molecule has 1 saturated heterocycles. The third kappa shape index (κ3) is 1.30. The molecular weight excluding hydrogens is 138 g/mol. The van der Waals surface area contributed by atoms with E-state index in [1.54, 1.807) is 0 Å². The summed E-state index contributed by atoms with van der Waals surface area (Å²) in [6.07, 6.45) is 2.21. The van der Waals surface area contributed by atoms with E-state index >= 15 is 0 Å². The maximum absolute atomic E-state index is 11.4. The van der Waals surface area contributed by atoms with Crippen LogP contribution < -0.4 is 0 Å². The van der Waals surface area contributed by atoms with Gasteiger partial charge in [0.1, 0.15) is 0 Å². The molecule has 66 valence electrons. The lowest BCUT2D eigenvalue weighted by atomic mass is 9.69. The molecule has 0 aromatic carbocycles. The van der Waals surface area contributed by atoms with Crippen molar-refractivity contribution in [2.45, 2.75) is 46.1 Å². The van der Waals surface area contributed by atoms with Crippen molar-refractivity contribution >= 4 is 0 Å². The van der Waals surface area contributed by atoms with E-state index in [2.05, 4.69) is 13.8 Å². The summed E-state index contributed by atoms with van der Waals surface area (Å²) in [6.45, 7) is 9.14. The summed E-state index contributed by atoms with van der Waals surface area (Å²) in [7, 11) is 0. The molecule has 1 heterocycles. The van der Waals surface area contributed by atoms with E-state index in [9.17, 15) is 5.21 Å². The van der Waals surface area contributed by atoms with Crippen LogP contribution in [-0.4, -0.2) is 17.1 Å². The maximum atomic E-state index is 11.4. The molecule has 0 unspecified atom stereocenters. The van der Waals surface area contributed by atoms with Crippen molar-refractivity contribution in [3.8, 4) is 0 Å². The Hall–Kier alpha value is -0.0800. The number of hydroxylamine groups is 2. The van der Waals surface area contributed by atoms with E-state index < -0.39 is 0 Å². The number of hydrogen-bond donors (Lipinski definition) is 0. The van der Waals surface area contributed by atoms with Gasteiger partial charge in [-0.05, 0) is 38.6 Å². The monoisotopic (exact) mass is 156 g/mol. The molecule has 0 aromatic rings. The van der Waals surface area contributed by atoms with E-state index in [4.69, 9.17) is 0 Å². The zero-order chi connectivity index (χ0) is 8.70. The fourth-order valence-electron chi connectivity index (χ4n) is 1.59. The molecule has 11 heavy (non-hydrogen) atoms. The fourth-order valence-corrected chi connectivity index (χ4v) is 1.59. The van der Waals surface area contributed by atoms with Gasteiger partial charge in [0.15, 0.2) is 0 Å². The minimum absolute atomic E-state index is 0.160. The van der Waals surface area contributed by atoms with E-state index in [1.165, 1.54) is 11.5 Å². The first-order valence-corrected chi connectivity index (χ1v) is 4.33. The van der Waals surface area contributed by atoms with Gasteiger partial charge in [-0.1, -0.05) is 13.8 Å². The zero-order valence-corrected chi connectivity index (χ0v) is 7.98. The van der Waals surface area contributed by atoms with Gasteiger partial charge in [-0.3, -0.25) is 0 Å². The first kappa shape index (κ1) is 9.01. The van der Waals surface area contributed by atoms with Crippen LogP contribution in [0, 0.1) is 10.6 Å². The van der Waals surface area contributed by atoms with E-state index in [0.717, 1.165) is 6.42 Å². The lowest BCUT2D eigenvalue weighted by Crippen LogP contribution is -2.54. The molecule has 0 saturated carbocycles. The Morgan fingerprint density at radius 2 is 1.73 bits per heavy atom. The van der Waals surface area contributed by atoms with Gasteiger partial charge in [0, 0.05) is 5.54 Å². The molecule has 0 radical (unpaired) electrons. The Balaban J connectivity index is 2.82. The molecule has 1 aliphatic heterocycles. The number of hydrogen-bond acceptors (Lipinski definition) is 2. The van der Waals surface area contributed by atoms with Gasteiger partial charge in [-0.15, -0.1) is 0 Å². The molecule has 0 bridgehead atoms. The molecule has 1 aliphatic rings. The summed E-state index contributed by atoms with van der Waals surface area (Å²) < 4.78 is 0. The first-order valence-electron chi connectivity index (χ1n) is 4.33. The second-order valence-corrected chi connectivity index (χ2v) is 4.65.